The molecule has 0 heterocycles. The van der Waals surface area contributed by atoms with Gasteiger partial charge in [-0.15, -0.1) is 0 Å². The molecule has 19 heavy (non-hydrogen) atoms. The van der Waals surface area contributed by atoms with Crippen LogP contribution in [0.25, 0.3) is 0 Å². The van der Waals surface area contributed by atoms with Crippen LogP contribution in [0.3, 0.4) is 0 Å². The van der Waals surface area contributed by atoms with E-state index >= 15 is 0 Å². The van der Waals surface area contributed by atoms with Crippen LogP contribution in [0.1, 0.15) is 34.6 Å². The lowest BCUT2D eigenvalue weighted by Crippen LogP contribution is -2.44. The number of hydrogen-bond acceptors (Lipinski definition) is 0. The highest BCUT2D eigenvalue weighted by Crippen LogP contribution is 2.57. The Morgan fingerprint density at radius 3 is 1.84 bits per heavy atom. The van der Waals surface area contributed by atoms with Crippen molar-refractivity contribution in [2.24, 2.45) is 22.7 Å². The molecule has 0 aromatic rings. The highest BCUT2D eigenvalue weighted by Gasteiger charge is 2.49. The van der Waals surface area contributed by atoms with Gasteiger partial charge in [0.05, 0.1) is 0 Å². The van der Waals surface area contributed by atoms with E-state index in [0.29, 0.717) is 11.8 Å². The molecule has 0 heteroatoms. The Morgan fingerprint density at radius 1 is 0.947 bits per heavy atom. The fraction of sp³-hybridized carbons (Fsp3) is 0.474. The third kappa shape index (κ3) is 1.98. The van der Waals surface area contributed by atoms with Crippen LogP contribution in [0.15, 0.2) is 60.3 Å². The van der Waals surface area contributed by atoms with Crippen molar-refractivity contribution in [2.75, 3.05) is 0 Å². The van der Waals surface area contributed by atoms with Crippen molar-refractivity contribution in [2.45, 2.75) is 34.6 Å². The van der Waals surface area contributed by atoms with E-state index in [2.05, 4.69) is 83.7 Å². The zero-order valence-electron chi connectivity index (χ0n) is 12.9. The van der Waals surface area contributed by atoms with Crippen molar-refractivity contribution < 1.29 is 0 Å². The Hall–Kier alpha value is -1.30. The van der Waals surface area contributed by atoms with Gasteiger partial charge in [0.25, 0.3) is 0 Å². The van der Waals surface area contributed by atoms with E-state index in [1.54, 1.807) is 0 Å². The third-order valence-corrected chi connectivity index (χ3v) is 5.02. The molecule has 0 saturated heterocycles. The Bertz CT molecular complexity index is 492. The monoisotopic (exact) mass is 254 g/mol. The number of hydrogen-bond donors (Lipinski definition) is 0. The largest absolute Gasteiger partial charge is 0.0988 e. The molecule has 102 valence electrons. The van der Waals surface area contributed by atoms with Crippen molar-refractivity contribution in [3.63, 3.8) is 0 Å². The maximum atomic E-state index is 4.08. The smallest absolute Gasteiger partial charge is 0.00319 e. The highest BCUT2D eigenvalue weighted by molar-refractivity contribution is 5.47. The molecule has 2 unspecified atom stereocenters. The molecule has 2 aliphatic rings. The molecule has 0 N–H and O–H groups in total. The summed E-state index contributed by atoms with van der Waals surface area (Å²) in [6.45, 7) is 15.6. The summed E-state index contributed by atoms with van der Waals surface area (Å²) in [5.74, 6) is 1.11. The first-order valence-corrected chi connectivity index (χ1v) is 7.22. The summed E-state index contributed by atoms with van der Waals surface area (Å²) in [5, 5.41) is 0. The average molecular weight is 254 g/mol. The first-order valence-electron chi connectivity index (χ1n) is 7.22. The van der Waals surface area contributed by atoms with Crippen molar-refractivity contribution in [3.8, 4) is 0 Å². The van der Waals surface area contributed by atoms with Crippen LogP contribution in [0, 0.1) is 22.7 Å². The molecule has 0 fully saturated rings. The quantitative estimate of drug-likeness (QED) is 0.613. The average Bonchev–Trinajstić information content (AvgIpc) is 2.37. The minimum atomic E-state index is 0.137. The lowest BCUT2D eigenvalue weighted by Gasteiger charge is -2.52. The molecular formula is C19H26. The molecule has 2 atom stereocenters. The standard InChI is InChI=1S/C19H26/c1-7-11-15-14(8-2)18(3,4)16-12-9-10-13-17(16)19(15,5)6/h7-13,16-17H,2H2,1,3-6H3/b11-7-. The van der Waals surface area contributed by atoms with Crippen LogP contribution in [0.2, 0.25) is 0 Å². The van der Waals surface area contributed by atoms with Crippen molar-refractivity contribution >= 4 is 0 Å². The van der Waals surface area contributed by atoms with E-state index < -0.39 is 0 Å². The van der Waals surface area contributed by atoms with Gasteiger partial charge in [0.15, 0.2) is 0 Å². The fourth-order valence-corrected chi connectivity index (χ4v) is 3.88. The second-order valence-electron chi connectivity index (χ2n) is 6.80. The van der Waals surface area contributed by atoms with Crippen LogP contribution in [0.4, 0.5) is 0 Å². The van der Waals surface area contributed by atoms with Crippen molar-refractivity contribution in [1.29, 1.82) is 0 Å². The van der Waals surface area contributed by atoms with Crippen molar-refractivity contribution in [3.05, 3.63) is 60.3 Å². The lowest BCUT2D eigenvalue weighted by atomic mass is 9.51. The Labute approximate surface area is 118 Å². The maximum absolute atomic E-state index is 4.08. The van der Waals surface area contributed by atoms with Gasteiger partial charge in [0, 0.05) is 0 Å². The summed E-state index contributed by atoms with van der Waals surface area (Å²) in [6, 6.07) is 0. The lowest BCUT2D eigenvalue weighted by molar-refractivity contribution is 0.141. The van der Waals surface area contributed by atoms with Gasteiger partial charge in [0.1, 0.15) is 0 Å². The zero-order chi connectivity index (χ0) is 14.3. The summed E-state index contributed by atoms with van der Waals surface area (Å²) < 4.78 is 0. The molecular weight excluding hydrogens is 228 g/mol. The minimum absolute atomic E-state index is 0.137. The second-order valence-corrected chi connectivity index (χ2v) is 6.80. The van der Waals surface area contributed by atoms with Crippen LogP contribution in [-0.4, -0.2) is 0 Å². The molecule has 0 saturated carbocycles. The topological polar surface area (TPSA) is 0 Å². The highest BCUT2D eigenvalue weighted by atomic mass is 14.5. The number of fused-ring (bicyclic) bond motifs is 1. The van der Waals surface area contributed by atoms with Gasteiger partial charge in [-0.05, 0) is 40.7 Å². The van der Waals surface area contributed by atoms with Crippen LogP contribution in [0.5, 0.6) is 0 Å². The molecule has 0 aromatic carbocycles. The van der Waals surface area contributed by atoms with Crippen LogP contribution >= 0.6 is 0 Å². The molecule has 2 rings (SSSR count). The van der Waals surface area contributed by atoms with Gasteiger partial charge in [0.2, 0.25) is 0 Å². The molecule has 0 amide bonds. The second kappa shape index (κ2) is 4.67. The van der Waals surface area contributed by atoms with Gasteiger partial charge in [-0.2, -0.15) is 0 Å². The number of rotatable bonds is 2. The summed E-state index contributed by atoms with van der Waals surface area (Å²) in [7, 11) is 0. The Morgan fingerprint density at radius 2 is 1.42 bits per heavy atom. The van der Waals surface area contributed by atoms with Crippen LogP contribution in [-0.2, 0) is 0 Å². The summed E-state index contributed by atoms with van der Waals surface area (Å²) in [4.78, 5) is 0. The fourth-order valence-electron chi connectivity index (χ4n) is 3.88. The molecule has 2 aliphatic carbocycles. The van der Waals surface area contributed by atoms with E-state index in [-0.39, 0.29) is 10.8 Å². The Kier molecular flexibility index (Phi) is 3.47. The third-order valence-electron chi connectivity index (χ3n) is 5.02. The summed E-state index contributed by atoms with van der Waals surface area (Å²) in [6.07, 6.45) is 15.7. The van der Waals surface area contributed by atoms with Gasteiger partial charge in [-0.25, -0.2) is 0 Å². The molecule has 0 bridgehead atoms. The van der Waals surface area contributed by atoms with E-state index in [0.717, 1.165) is 0 Å². The molecule has 0 nitrogen and oxygen atoms in total. The SMILES string of the molecule is C=CC1=C(/C=C\C)C(C)(C)C2C=CC=CC2C1(C)C. The van der Waals surface area contributed by atoms with Gasteiger partial charge in [-0.1, -0.05) is 76.8 Å². The van der Waals surface area contributed by atoms with E-state index in [1.165, 1.54) is 11.1 Å². The van der Waals surface area contributed by atoms with Gasteiger partial charge < -0.3 is 0 Å². The van der Waals surface area contributed by atoms with Gasteiger partial charge in [-0.3, -0.25) is 0 Å². The molecule has 0 aliphatic heterocycles. The Balaban J connectivity index is 2.72. The van der Waals surface area contributed by atoms with E-state index in [9.17, 15) is 0 Å². The zero-order valence-corrected chi connectivity index (χ0v) is 12.9. The maximum Gasteiger partial charge on any atom is -0.00319 e. The summed E-state index contributed by atoms with van der Waals surface area (Å²) >= 11 is 0. The van der Waals surface area contributed by atoms with E-state index in [1.807, 2.05) is 0 Å². The van der Waals surface area contributed by atoms with Gasteiger partial charge >= 0.3 is 0 Å². The molecule has 0 aromatic heterocycles. The number of allylic oxidation sites excluding steroid dienone is 9. The van der Waals surface area contributed by atoms with Crippen molar-refractivity contribution in [1.82, 2.24) is 0 Å². The predicted octanol–water partition coefficient (Wildman–Crippen LogP) is 5.47. The molecule has 0 spiro atoms. The first kappa shape index (κ1) is 14.1. The normalized spacial score (nSPS) is 31.6. The molecule has 0 radical (unpaired) electrons. The minimum Gasteiger partial charge on any atom is -0.0988 e. The first-order chi connectivity index (χ1) is 8.87. The van der Waals surface area contributed by atoms with Crippen LogP contribution < -0.4 is 0 Å². The van der Waals surface area contributed by atoms with E-state index in [4.69, 9.17) is 0 Å². The predicted molar refractivity (Wildman–Crippen MR) is 84.9 cm³/mol. The summed E-state index contributed by atoms with van der Waals surface area (Å²) in [5.41, 5.74) is 3.13.